The Labute approximate surface area is 143 Å². The minimum Gasteiger partial charge on any atom is -0.481 e. The van der Waals surface area contributed by atoms with E-state index in [4.69, 9.17) is 16.3 Å². The first kappa shape index (κ1) is 16.8. The molecule has 116 valence electrons. The molecule has 0 aromatic heterocycles. The van der Waals surface area contributed by atoms with Crippen molar-refractivity contribution in [3.05, 3.63) is 57.0 Å². The lowest BCUT2D eigenvalue weighted by molar-refractivity contribution is -0.122. The van der Waals surface area contributed by atoms with Gasteiger partial charge in [0, 0.05) is 10.2 Å². The third-order valence-corrected chi connectivity index (χ3v) is 4.44. The minimum atomic E-state index is -0.608. The molecular formula is C17H17BrClNO2. The highest BCUT2D eigenvalue weighted by molar-refractivity contribution is 9.10. The molecule has 0 fully saturated rings. The number of nitrogens with one attached hydrogen (secondary N) is 1. The molecule has 0 bridgehead atoms. The summed E-state index contributed by atoms with van der Waals surface area (Å²) in [4.78, 5) is 12.2. The number of halogens is 2. The van der Waals surface area contributed by atoms with Crippen molar-refractivity contribution in [3.8, 4) is 5.75 Å². The van der Waals surface area contributed by atoms with Gasteiger partial charge in [-0.2, -0.15) is 0 Å². The van der Waals surface area contributed by atoms with Crippen LogP contribution in [0.1, 0.15) is 18.1 Å². The van der Waals surface area contributed by atoms with Crippen LogP contribution in [0, 0.1) is 13.8 Å². The Morgan fingerprint density at radius 1 is 1.23 bits per heavy atom. The van der Waals surface area contributed by atoms with Gasteiger partial charge in [0.2, 0.25) is 0 Å². The number of benzene rings is 2. The summed E-state index contributed by atoms with van der Waals surface area (Å²) in [7, 11) is 0. The first-order valence-electron chi connectivity index (χ1n) is 6.86. The third kappa shape index (κ3) is 4.24. The number of amides is 1. The van der Waals surface area contributed by atoms with Crippen LogP contribution in [0.4, 0.5) is 5.69 Å². The second kappa shape index (κ2) is 7.16. The predicted molar refractivity (Wildman–Crippen MR) is 93.8 cm³/mol. The number of rotatable bonds is 4. The zero-order valence-electron chi connectivity index (χ0n) is 12.6. The quantitative estimate of drug-likeness (QED) is 0.796. The average Bonchev–Trinajstić information content (AvgIpc) is 2.46. The molecule has 0 unspecified atom stereocenters. The lowest BCUT2D eigenvalue weighted by Gasteiger charge is -2.17. The molecule has 1 atom stereocenters. The number of carbonyl (C=O) groups excluding carboxylic acids is 1. The summed E-state index contributed by atoms with van der Waals surface area (Å²) in [5.41, 5.74) is 2.72. The molecule has 2 rings (SSSR count). The number of anilines is 1. The van der Waals surface area contributed by atoms with Gasteiger partial charge in [-0.25, -0.2) is 0 Å². The molecule has 0 aliphatic rings. The largest absolute Gasteiger partial charge is 0.481 e. The number of hydrogen-bond acceptors (Lipinski definition) is 2. The van der Waals surface area contributed by atoms with Crippen LogP contribution >= 0.6 is 27.5 Å². The highest BCUT2D eigenvalue weighted by Crippen LogP contribution is 2.26. The second-order valence-corrected chi connectivity index (χ2v) is 6.41. The number of hydrogen-bond donors (Lipinski definition) is 1. The zero-order chi connectivity index (χ0) is 16.3. The molecule has 0 spiro atoms. The van der Waals surface area contributed by atoms with Crippen molar-refractivity contribution < 1.29 is 9.53 Å². The first-order valence-corrected chi connectivity index (χ1v) is 8.03. The third-order valence-electron chi connectivity index (χ3n) is 3.20. The van der Waals surface area contributed by atoms with Gasteiger partial charge in [0.1, 0.15) is 5.75 Å². The Bertz CT molecular complexity index is 703. The van der Waals surface area contributed by atoms with Crippen LogP contribution in [0.2, 0.25) is 5.02 Å². The molecule has 0 heterocycles. The summed E-state index contributed by atoms with van der Waals surface area (Å²) in [5, 5.41) is 3.34. The van der Waals surface area contributed by atoms with E-state index in [-0.39, 0.29) is 5.91 Å². The van der Waals surface area contributed by atoms with Crippen LogP contribution in [-0.2, 0) is 4.79 Å². The van der Waals surface area contributed by atoms with Crippen LogP contribution in [0.25, 0.3) is 0 Å². The standard InChI is InChI=1S/C17H17BrClNO2/c1-10-4-5-11(2)16(8-10)22-12(3)17(21)20-13-6-7-14(18)15(19)9-13/h4-9,12H,1-3H3,(H,20,21)/t12-/m0/s1. The van der Waals surface area contributed by atoms with E-state index in [9.17, 15) is 4.79 Å². The molecule has 0 saturated carbocycles. The van der Waals surface area contributed by atoms with Crippen molar-refractivity contribution in [3.63, 3.8) is 0 Å². The molecular weight excluding hydrogens is 366 g/mol. The van der Waals surface area contributed by atoms with Crippen molar-refractivity contribution in [2.45, 2.75) is 26.9 Å². The van der Waals surface area contributed by atoms with Gasteiger partial charge in [-0.05, 0) is 72.1 Å². The molecule has 0 radical (unpaired) electrons. The number of carbonyl (C=O) groups is 1. The molecule has 3 nitrogen and oxygen atoms in total. The van der Waals surface area contributed by atoms with Crippen molar-refractivity contribution in [2.75, 3.05) is 5.32 Å². The fourth-order valence-corrected chi connectivity index (χ4v) is 2.32. The predicted octanol–water partition coefficient (Wildman–Crippen LogP) is 5.13. The van der Waals surface area contributed by atoms with E-state index < -0.39 is 6.10 Å². The summed E-state index contributed by atoms with van der Waals surface area (Å²) in [6, 6.07) is 11.2. The van der Waals surface area contributed by atoms with Gasteiger partial charge in [-0.3, -0.25) is 4.79 Å². The maximum Gasteiger partial charge on any atom is 0.265 e. The summed E-state index contributed by atoms with van der Waals surface area (Å²) < 4.78 is 6.54. The van der Waals surface area contributed by atoms with E-state index in [0.717, 1.165) is 21.3 Å². The van der Waals surface area contributed by atoms with E-state index in [0.29, 0.717) is 10.7 Å². The topological polar surface area (TPSA) is 38.3 Å². The monoisotopic (exact) mass is 381 g/mol. The summed E-state index contributed by atoms with van der Waals surface area (Å²) in [6.45, 7) is 5.66. The van der Waals surface area contributed by atoms with Crippen molar-refractivity contribution in [2.24, 2.45) is 0 Å². The number of ether oxygens (including phenoxy) is 1. The van der Waals surface area contributed by atoms with E-state index >= 15 is 0 Å². The normalized spacial score (nSPS) is 11.9. The first-order chi connectivity index (χ1) is 10.4. The van der Waals surface area contributed by atoms with Crippen molar-refractivity contribution in [1.29, 1.82) is 0 Å². The van der Waals surface area contributed by atoms with Crippen LogP contribution < -0.4 is 10.1 Å². The average molecular weight is 383 g/mol. The molecule has 2 aromatic carbocycles. The van der Waals surface area contributed by atoms with Crippen LogP contribution in [0.3, 0.4) is 0 Å². The summed E-state index contributed by atoms with van der Waals surface area (Å²) in [5.74, 6) is 0.496. The highest BCUT2D eigenvalue weighted by atomic mass is 79.9. The van der Waals surface area contributed by atoms with Crippen LogP contribution in [-0.4, -0.2) is 12.0 Å². The maximum absolute atomic E-state index is 12.2. The van der Waals surface area contributed by atoms with Crippen molar-refractivity contribution in [1.82, 2.24) is 0 Å². The second-order valence-electron chi connectivity index (χ2n) is 5.15. The lowest BCUT2D eigenvalue weighted by Crippen LogP contribution is -2.30. The van der Waals surface area contributed by atoms with Crippen molar-refractivity contribution >= 4 is 39.1 Å². The molecule has 2 aromatic rings. The molecule has 22 heavy (non-hydrogen) atoms. The fraction of sp³-hybridized carbons (Fsp3) is 0.235. The van der Waals surface area contributed by atoms with E-state index in [1.165, 1.54) is 0 Å². The molecule has 5 heteroatoms. The van der Waals surface area contributed by atoms with Crippen LogP contribution in [0.15, 0.2) is 40.9 Å². The van der Waals surface area contributed by atoms with E-state index in [1.54, 1.807) is 25.1 Å². The Kier molecular flexibility index (Phi) is 5.48. The summed E-state index contributed by atoms with van der Waals surface area (Å²) in [6.07, 6.45) is -0.608. The van der Waals surface area contributed by atoms with Gasteiger partial charge < -0.3 is 10.1 Å². The van der Waals surface area contributed by atoms with Gasteiger partial charge in [0.05, 0.1) is 5.02 Å². The molecule has 0 saturated heterocycles. The van der Waals surface area contributed by atoms with Gasteiger partial charge in [-0.15, -0.1) is 0 Å². The Hall–Kier alpha value is -1.52. The fourth-order valence-electron chi connectivity index (χ4n) is 1.90. The SMILES string of the molecule is Cc1ccc(C)c(O[C@@H](C)C(=O)Nc2ccc(Br)c(Cl)c2)c1. The zero-order valence-corrected chi connectivity index (χ0v) is 15.0. The minimum absolute atomic E-state index is 0.223. The lowest BCUT2D eigenvalue weighted by atomic mass is 10.1. The summed E-state index contributed by atoms with van der Waals surface area (Å²) >= 11 is 9.33. The smallest absolute Gasteiger partial charge is 0.265 e. The molecule has 0 aliphatic heterocycles. The van der Waals surface area contributed by atoms with E-state index in [2.05, 4.69) is 21.2 Å². The number of aryl methyl sites for hydroxylation is 2. The Morgan fingerprint density at radius 2 is 1.95 bits per heavy atom. The van der Waals surface area contributed by atoms with Crippen LogP contribution in [0.5, 0.6) is 5.75 Å². The molecule has 1 N–H and O–H groups in total. The maximum atomic E-state index is 12.2. The Balaban J connectivity index is 2.05. The highest BCUT2D eigenvalue weighted by Gasteiger charge is 2.16. The van der Waals surface area contributed by atoms with Gasteiger partial charge >= 0.3 is 0 Å². The van der Waals surface area contributed by atoms with Gasteiger partial charge in [0.25, 0.3) is 5.91 Å². The van der Waals surface area contributed by atoms with Gasteiger partial charge in [-0.1, -0.05) is 23.7 Å². The Morgan fingerprint density at radius 3 is 2.64 bits per heavy atom. The molecule has 0 aliphatic carbocycles. The van der Waals surface area contributed by atoms with Gasteiger partial charge in [0.15, 0.2) is 6.10 Å². The molecule has 1 amide bonds. The van der Waals surface area contributed by atoms with E-state index in [1.807, 2.05) is 32.0 Å².